The average Bonchev–Trinajstić information content (AvgIpc) is 2.68. The summed E-state index contributed by atoms with van der Waals surface area (Å²) in [6, 6.07) is 9.11. The van der Waals surface area contributed by atoms with Crippen LogP contribution in [0.2, 0.25) is 0 Å². The van der Waals surface area contributed by atoms with Gasteiger partial charge in [0.15, 0.2) is 12.3 Å². The number of amides is 1. The number of aromatic amines is 1. The van der Waals surface area contributed by atoms with Crippen molar-refractivity contribution >= 4 is 23.4 Å². The van der Waals surface area contributed by atoms with Gasteiger partial charge in [-0.05, 0) is 12.0 Å². The first-order chi connectivity index (χ1) is 13.8. The van der Waals surface area contributed by atoms with E-state index in [1.165, 1.54) is 4.57 Å². The lowest BCUT2D eigenvalue weighted by molar-refractivity contribution is -0.150. The van der Waals surface area contributed by atoms with Crippen molar-refractivity contribution in [2.75, 3.05) is 23.8 Å². The summed E-state index contributed by atoms with van der Waals surface area (Å²) in [7, 11) is 0. The molecule has 3 N–H and O–H groups in total. The van der Waals surface area contributed by atoms with Gasteiger partial charge in [0.25, 0.3) is 11.5 Å². The topological polar surface area (TPSA) is 127 Å². The van der Waals surface area contributed by atoms with Crippen LogP contribution in [0, 0.1) is 5.92 Å². The number of anilines is 2. The Bertz CT molecular complexity index is 979. The van der Waals surface area contributed by atoms with Gasteiger partial charge in [0.05, 0.1) is 12.5 Å². The third-order valence-electron chi connectivity index (χ3n) is 4.23. The van der Waals surface area contributed by atoms with Gasteiger partial charge in [-0.1, -0.05) is 51.1 Å². The SMILES string of the molecule is CCCN(C(=O)COC(=O)C(C)C)c1c(N)n(Cc2ccccc2)c(=O)[nH]c1=O. The van der Waals surface area contributed by atoms with Crippen LogP contribution in [0.15, 0.2) is 39.9 Å². The Labute approximate surface area is 168 Å². The van der Waals surface area contributed by atoms with Crippen LogP contribution in [-0.4, -0.2) is 34.6 Å². The molecule has 2 aromatic rings. The summed E-state index contributed by atoms with van der Waals surface area (Å²) in [6.07, 6.45) is 0.528. The molecule has 2 rings (SSSR count). The standard InChI is InChI=1S/C20H26N4O5/c1-4-10-23(15(25)12-29-19(27)13(2)3)16-17(21)24(20(28)22-18(16)26)11-14-8-6-5-7-9-14/h5-9,13H,4,10-12,21H2,1-3H3,(H,22,26,28). The summed E-state index contributed by atoms with van der Waals surface area (Å²) in [6.45, 7) is 4.91. The maximum atomic E-state index is 12.7. The molecule has 1 amide bonds. The minimum Gasteiger partial charge on any atom is -0.455 e. The van der Waals surface area contributed by atoms with Gasteiger partial charge in [-0.25, -0.2) is 4.79 Å². The first-order valence-corrected chi connectivity index (χ1v) is 9.39. The fourth-order valence-electron chi connectivity index (χ4n) is 2.72. The Balaban J connectivity index is 2.42. The zero-order chi connectivity index (χ0) is 21.6. The van der Waals surface area contributed by atoms with Crippen LogP contribution in [-0.2, 0) is 20.9 Å². The highest BCUT2D eigenvalue weighted by Crippen LogP contribution is 2.18. The third kappa shape index (κ3) is 5.34. The number of rotatable bonds is 8. The van der Waals surface area contributed by atoms with Gasteiger partial charge in [-0.2, -0.15) is 0 Å². The predicted octanol–water partition coefficient (Wildman–Crippen LogP) is 1.11. The first-order valence-electron chi connectivity index (χ1n) is 9.39. The fourth-order valence-corrected chi connectivity index (χ4v) is 2.72. The third-order valence-corrected chi connectivity index (χ3v) is 4.23. The van der Waals surface area contributed by atoms with Crippen molar-refractivity contribution in [2.24, 2.45) is 5.92 Å². The van der Waals surface area contributed by atoms with E-state index in [9.17, 15) is 19.2 Å². The molecule has 9 nitrogen and oxygen atoms in total. The predicted molar refractivity (Wildman–Crippen MR) is 110 cm³/mol. The van der Waals surface area contributed by atoms with Crippen LogP contribution in [0.1, 0.15) is 32.8 Å². The molecule has 0 aliphatic carbocycles. The second-order valence-electron chi connectivity index (χ2n) is 6.87. The summed E-state index contributed by atoms with van der Waals surface area (Å²) in [5.74, 6) is -1.63. The van der Waals surface area contributed by atoms with E-state index in [1.54, 1.807) is 13.8 Å². The molecule has 1 heterocycles. The maximum absolute atomic E-state index is 12.7. The Kier molecular flexibility index (Phi) is 7.35. The fraction of sp³-hybridized carbons (Fsp3) is 0.400. The average molecular weight is 402 g/mol. The number of H-pyrrole nitrogens is 1. The molecule has 0 atom stereocenters. The normalized spacial score (nSPS) is 10.8. The molecular weight excluding hydrogens is 376 g/mol. The van der Waals surface area contributed by atoms with Crippen LogP contribution in [0.25, 0.3) is 0 Å². The number of ether oxygens (including phenoxy) is 1. The maximum Gasteiger partial charge on any atom is 0.330 e. The highest BCUT2D eigenvalue weighted by molar-refractivity contribution is 5.97. The molecule has 0 aliphatic heterocycles. The second kappa shape index (κ2) is 9.72. The number of aromatic nitrogens is 2. The summed E-state index contributed by atoms with van der Waals surface area (Å²) < 4.78 is 6.19. The van der Waals surface area contributed by atoms with Crippen molar-refractivity contribution in [1.82, 2.24) is 9.55 Å². The minimum absolute atomic E-state index is 0.125. The van der Waals surface area contributed by atoms with Crippen LogP contribution >= 0.6 is 0 Å². The summed E-state index contributed by atoms with van der Waals surface area (Å²) in [5.41, 5.74) is 5.38. The number of nitrogens with zero attached hydrogens (tertiary/aromatic N) is 2. The van der Waals surface area contributed by atoms with Crippen molar-refractivity contribution in [3.05, 3.63) is 56.7 Å². The number of benzene rings is 1. The molecule has 0 saturated carbocycles. The van der Waals surface area contributed by atoms with Crippen molar-refractivity contribution in [1.29, 1.82) is 0 Å². The minimum atomic E-state index is -0.770. The van der Waals surface area contributed by atoms with Gasteiger partial charge in [0, 0.05) is 6.54 Å². The van der Waals surface area contributed by atoms with E-state index in [1.807, 2.05) is 37.3 Å². The van der Waals surface area contributed by atoms with Gasteiger partial charge in [-0.15, -0.1) is 0 Å². The van der Waals surface area contributed by atoms with E-state index in [0.717, 1.165) is 10.5 Å². The molecule has 0 radical (unpaired) electrons. The number of carbonyl (C=O) groups excluding carboxylic acids is 2. The smallest absolute Gasteiger partial charge is 0.330 e. The number of nitrogens with one attached hydrogen (secondary N) is 1. The molecule has 29 heavy (non-hydrogen) atoms. The molecule has 0 fully saturated rings. The van der Waals surface area contributed by atoms with Gasteiger partial charge in [0.2, 0.25) is 0 Å². The second-order valence-corrected chi connectivity index (χ2v) is 6.87. The number of carbonyl (C=O) groups is 2. The van der Waals surface area contributed by atoms with Gasteiger partial charge in [0.1, 0.15) is 5.82 Å². The Morgan fingerprint density at radius 2 is 1.86 bits per heavy atom. The molecule has 0 saturated heterocycles. The summed E-state index contributed by atoms with van der Waals surface area (Å²) in [5, 5.41) is 0. The van der Waals surface area contributed by atoms with Crippen molar-refractivity contribution in [2.45, 2.75) is 33.7 Å². The molecule has 9 heteroatoms. The van der Waals surface area contributed by atoms with E-state index in [-0.39, 0.29) is 30.5 Å². The molecule has 1 aromatic carbocycles. The van der Waals surface area contributed by atoms with E-state index in [4.69, 9.17) is 10.5 Å². The molecule has 0 unspecified atom stereocenters. The molecule has 1 aromatic heterocycles. The van der Waals surface area contributed by atoms with Crippen LogP contribution in [0.3, 0.4) is 0 Å². The Hall–Kier alpha value is -3.36. The number of nitrogen functional groups attached to an aromatic ring is 1. The number of hydrogen-bond donors (Lipinski definition) is 2. The van der Waals surface area contributed by atoms with Crippen LogP contribution in [0.5, 0.6) is 0 Å². The lowest BCUT2D eigenvalue weighted by atomic mass is 10.2. The highest BCUT2D eigenvalue weighted by Gasteiger charge is 2.25. The van der Waals surface area contributed by atoms with Crippen molar-refractivity contribution in [3.8, 4) is 0 Å². The number of hydrogen-bond acceptors (Lipinski definition) is 6. The van der Waals surface area contributed by atoms with Crippen LogP contribution < -0.4 is 21.9 Å². The number of esters is 1. The summed E-state index contributed by atoms with van der Waals surface area (Å²) in [4.78, 5) is 52.5. The molecule has 156 valence electrons. The number of nitrogens with two attached hydrogens (primary N) is 1. The zero-order valence-corrected chi connectivity index (χ0v) is 16.8. The molecule has 0 spiro atoms. The Morgan fingerprint density at radius 3 is 2.45 bits per heavy atom. The van der Waals surface area contributed by atoms with E-state index < -0.39 is 29.7 Å². The highest BCUT2D eigenvalue weighted by atomic mass is 16.5. The van der Waals surface area contributed by atoms with E-state index >= 15 is 0 Å². The van der Waals surface area contributed by atoms with Crippen LogP contribution in [0.4, 0.5) is 11.5 Å². The van der Waals surface area contributed by atoms with E-state index in [2.05, 4.69) is 4.98 Å². The van der Waals surface area contributed by atoms with Gasteiger partial charge < -0.3 is 15.4 Å². The Morgan fingerprint density at radius 1 is 1.21 bits per heavy atom. The van der Waals surface area contributed by atoms with Crippen molar-refractivity contribution < 1.29 is 14.3 Å². The molecule has 0 aliphatic rings. The lowest BCUT2D eigenvalue weighted by Crippen LogP contribution is -2.43. The monoisotopic (exact) mass is 402 g/mol. The quantitative estimate of drug-likeness (QED) is 0.637. The largest absolute Gasteiger partial charge is 0.455 e. The van der Waals surface area contributed by atoms with E-state index in [0.29, 0.717) is 6.42 Å². The molecule has 0 bridgehead atoms. The van der Waals surface area contributed by atoms with Gasteiger partial charge >= 0.3 is 11.7 Å². The molecular formula is C20H26N4O5. The zero-order valence-electron chi connectivity index (χ0n) is 16.8. The lowest BCUT2D eigenvalue weighted by Gasteiger charge is -2.24. The summed E-state index contributed by atoms with van der Waals surface area (Å²) >= 11 is 0. The first kappa shape index (κ1) is 21.9. The van der Waals surface area contributed by atoms with Crippen molar-refractivity contribution in [3.63, 3.8) is 0 Å². The van der Waals surface area contributed by atoms with Gasteiger partial charge in [-0.3, -0.25) is 23.9 Å².